The zero-order chi connectivity index (χ0) is 23.7. The number of hydrogen-bond donors (Lipinski definition) is 4. The molecule has 0 aromatic heterocycles. The van der Waals surface area contributed by atoms with E-state index in [9.17, 15) is 24.2 Å². The zero-order valence-electron chi connectivity index (χ0n) is 18.6. The Morgan fingerprint density at radius 1 is 0.969 bits per heavy atom. The Balaban J connectivity index is 2.24. The molecule has 5 N–H and O–H groups in total. The quantitative estimate of drug-likeness (QED) is 0.360. The van der Waals surface area contributed by atoms with Gasteiger partial charge in [-0.25, -0.2) is 0 Å². The van der Waals surface area contributed by atoms with E-state index < -0.39 is 43.1 Å². The fourth-order valence-corrected chi connectivity index (χ4v) is 5.59. The van der Waals surface area contributed by atoms with Crippen molar-refractivity contribution in [2.24, 2.45) is 17.6 Å². The average molecular weight is 461 g/mol. The van der Waals surface area contributed by atoms with Crippen LogP contribution in [0, 0.1) is 11.8 Å². The van der Waals surface area contributed by atoms with Crippen LogP contribution in [-0.4, -0.2) is 39.9 Å². The molecule has 4 atom stereocenters. The third-order valence-corrected chi connectivity index (χ3v) is 7.54. The summed E-state index contributed by atoms with van der Waals surface area (Å²) in [6.07, 6.45) is 0.214. The van der Waals surface area contributed by atoms with Gasteiger partial charge in [-0.05, 0) is 29.9 Å². The lowest BCUT2D eigenvalue weighted by molar-refractivity contribution is -0.141. The number of carbonyl (C=O) groups is 2. The van der Waals surface area contributed by atoms with Crippen LogP contribution in [0.4, 0.5) is 0 Å². The number of aliphatic carboxylic acids is 1. The van der Waals surface area contributed by atoms with E-state index in [0.29, 0.717) is 6.42 Å². The molecule has 0 spiro atoms. The predicted octanol–water partition coefficient (Wildman–Crippen LogP) is 3.26. The van der Waals surface area contributed by atoms with Crippen molar-refractivity contribution in [1.29, 1.82) is 0 Å². The molecule has 2 aromatic carbocycles. The van der Waals surface area contributed by atoms with E-state index in [1.807, 2.05) is 26.0 Å². The van der Waals surface area contributed by atoms with Crippen LogP contribution < -0.4 is 11.1 Å². The molecule has 0 bridgehead atoms. The SMILES string of the molecule is CC(C)C[C@H](N)C(=O)N[C@H](Cc1ccccc1)P(=O)(O)C[C@@H](Cc1ccccc1)C(=O)O. The van der Waals surface area contributed by atoms with Crippen molar-refractivity contribution in [1.82, 2.24) is 5.32 Å². The first kappa shape index (κ1) is 25.8. The molecule has 174 valence electrons. The van der Waals surface area contributed by atoms with Crippen LogP contribution >= 0.6 is 7.37 Å². The minimum atomic E-state index is -4.11. The van der Waals surface area contributed by atoms with E-state index in [1.54, 1.807) is 48.5 Å². The minimum Gasteiger partial charge on any atom is -0.481 e. The van der Waals surface area contributed by atoms with E-state index in [-0.39, 0.29) is 18.8 Å². The first-order chi connectivity index (χ1) is 15.1. The molecule has 1 amide bonds. The van der Waals surface area contributed by atoms with Gasteiger partial charge in [-0.1, -0.05) is 74.5 Å². The Bertz CT molecular complexity index is 921. The molecule has 0 aliphatic rings. The Morgan fingerprint density at radius 2 is 1.47 bits per heavy atom. The summed E-state index contributed by atoms with van der Waals surface area (Å²) < 4.78 is 13.4. The smallest absolute Gasteiger partial charge is 0.307 e. The molecule has 8 heteroatoms. The van der Waals surface area contributed by atoms with Crippen LogP contribution in [0.2, 0.25) is 0 Å². The number of nitrogens with one attached hydrogen (secondary N) is 1. The number of hydrogen-bond acceptors (Lipinski definition) is 4. The third kappa shape index (κ3) is 8.23. The van der Waals surface area contributed by atoms with Crippen LogP contribution in [-0.2, 0) is 27.0 Å². The van der Waals surface area contributed by atoms with E-state index in [4.69, 9.17) is 5.73 Å². The number of carboxylic acid groups (broad SMARTS) is 1. The van der Waals surface area contributed by atoms with Crippen molar-refractivity contribution in [2.45, 2.75) is 44.9 Å². The summed E-state index contributed by atoms with van der Waals surface area (Å²) in [5, 5.41) is 12.3. The number of benzene rings is 2. The highest BCUT2D eigenvalue weighted by atomic mass is 31.2. The van der Waals surface area contributed by atoms with Gasteiger partial charge in [-0.2, -0.15) is 0 Å². The standard InChI is InChI=1S/C24H33N2O5P/c1-17(2)13-21(25)23(27)26-22(15-19-11-7-4-8-12-19)32(30,31)16-20(24(28)29)14-18-9-5-3-6-10-18/h3-12,17,20-22H,13-16,25H2,1-2H3,(H,26,27)(H,28,29)(H,30,31)/t20-,21+,22+/m1/s1. The molecule has 0 aliphatic heterocycles. The first-order valence-electron chi connectivity index (χ1n) is 10.8. The Morgan fingerprint density at radius 3 is 1.94 bits per heavy atom. The number of rotatable bonds is 12. The van der Waals surface area contributed by atoms with Crippen molar-refractivity contribution in [3.05, 3.63) is 71.8 Å². The molecule has 0 radical (unpaired) electrons. The molecule has 2 rings (SSSR count). The second-order valence-corrected chi connectivity index (χ2v) is 11.1. The molecule has 0 saturated carbocycles. The molecule has 0 fully saturated rings. The largest absolute Gasteiger partial charge is 0.481 e. The molecular formula is C24H33N2O5P. The normalized spacial score (nSPS) is 16.0. The van der Waals surface area contributed by atoms with Crippen LogP contribution in [0.5, 0.6) is 0 Å². The molecule has 0 heterocycles. The highest BCUT2D eigenvalue weighted by Crippen LogP contribution is 2.48. The van der Waals surface area contributed by atoms with Crippen LogP contribution in [0.3, 0.4) is 0 Å². The van der Waals surface area contributed by atoms with Gasteiger partial charge in [0.15, 0.2) is 0 Å². The zero-order valence-corrected chi connectivity index (χ0v) is 19.4. The lowest BCUT2D eigenvalue weighted by Gasteiger charge is -2.28. The molecule has 32 heavy (non-hydrogen) atoms. The average Bonchev–Trinajstić information content (AvgIpc) is 2.73. The predicted molar refractivity (Wildman–Crippen MR) is 125 cm³/mol. The summed E-state index contributed by atoms with van der Waals surface area (Å²) in [6.45, 7) is 3.87. The Labute approximate surface area is 189 Å². The van der Waals surface area contributed by atoms with Gasteiger partial charge in [-0.3, -0.25) is 14.2 Å². The van der Waals surface area contributed by atoms with Crippen molar-refractivity contribution in [2.75, 3.05) is 6.16 Å². The summed E-state index contributed by atoms with van der Waals surface area (Å²) >= 11 is 0. The fraction of sp³-hybridized carbons (Fsp3) is 0.417. The summed E-state index contributed by atoms with van der Waals surface area (Å²) in [4.78, 5) is 35.5. The second kappa shape index (κ2) is 12.0. The Kier molecular flexibility index (Phi) is 9.63. The van der Waals surface area contributed by atoms with E-state index in [1.165, 1.54) is 0 Å². The number of amides is 1. The van der Waals surface area contributed by atoms with Crippen molar-refractivity contribution < 1.29 is 24.2 Å². The van der Waals surface area contributed by atoms with Gasteiger partial charge < -0.3 is 21.1 Å². The van der Waals surface area contributed by atoms with Gasteiger partial charge in [0.25, 0.3) is 0 Å². The maximum atomic E-state index is 13.4. The summed E-state index contributed by atoms with van der Waals surface area (Å²) in [5.41, 5.74) is 7.51. The lowest BCUT2D eigenvalue weighted by Crippen LogP contribution is -2.47. The maximum absolute atomic E-state index is 13.4. The van der Waals surface area contributed by atoms with Crippen molar-refractivity contribution in [3.63, 3.8) is 0 Å². The van der Waals surface area contributed by atoms with Gasteiger partial charge in [0.1, 0.15) is 5.78 Å². The van der Waals surface area contributed by atoms with E-state index in [2.05, 4.69) is 5.32 Å². The summed E-state index contributed by atoms with van der Waals surface area (Å²) in [5.74, 6) is -3.67. The van der Waals surface area contributed by atoms with Crippen LogP contribution in [0.25, 0.3) is 0 Å². The summed E-state index contributed by atoms with van der Waals surface area (Å²) in [7, 11) is -4.11. The van der Waals surface area contributed by atoms with Gasteiger partial charge in [0, 0.05) is 12.6 Å². The fourth-order valence-electron chi connectivity index (χ4n) is 3.59. The highest BCUT2D eigenvalue weighted by Gasteiger charge is 2.38. The van der Waals surface area contributed by atoms with Crippen LogP contribution in [0.1, 0.15) is 31.4 Å². The number of nitrogens with two attached hydrogens (primary N) is 1. The number of carboxylic acids is 1. The second-order valence-electron chi connectivity index (χ2n) is 8.61. The Hall–Kier alpha value is -2.47. The molecule has 7 nitrogen and oxygen atoms in total. The number of carbonyl (C=O) groups excluding carboxylic acids is 1. The first-order valence-corrected chi connectivity index (χ1v) is 12.7. The van der Waals surface area contributed by atoms with Gasteiger partial charge in [-0.15, -0.1) is 0 Å². The lowest BCUT2D eigenvalue weighted by atomic mass is 10.0. The molecule has 0 aliphatic carbocycles. The minimum absolute atomic E-state index is 0.104. The van der Waals surface area contributed by atoms with Gasteiger partial charge >= 0.3 is 5.97 Å². The van der Waals surface area contributed by atoms with Crippen molar-refractivity contribution in [3.8, 4) is 0 Å². The van der Waals surface area contributed by atoms with E-state index >= 15 is 0 Å². The molecule has 2 aromatic rings. The summed E-state index contributed by atoms with van der Waals surface area (Å²) in [6, 6.07) is 17.2. The third-order valence-electron chi connectivity index (χ3n) is 5.29. The molecule has 1 unspecified atom stereocenters. The highest BCUT2D eigenvalue weighted by molar-refractivity contribution is 7.58. The molecular weight excluding hydrogens is 427 g/mol. The van der Waals surface area contributed by atoms with Crippen molar-refractivity contribution >= 4 is 19.2 Å². The van der Waals surface area contributed by atoms with Gasteiger partial charge in [0.05, 0.1) is 12.0 Å². The van der Waals surface area contributed by atoms with Gasteiger partial charge in [0.2, 0.25) is 13.3 Å². The van der Waals surface area contributed by atoms with Crippen LogP contribution in [0.15, 0.2) is 60.7 Å². The molecule has 0 saturated heterocycles. The topological polar surface area (TPSA) is 130 Å². The maximum Gasteiger partial charge on any atom is 0.307 e. The monoisotopic (exact) mass is 460 g/mol. The van der Waals surface area contributed by atoms with E-state index in [0.717, 1.165) is 11.1 Å².